The van der Waals surface area contributed by atoms with Crippen LogP contribution in [0.2, 0.25) is 0 Å². The first-order valence-electron chi connectivity index (χ1n) is 7.15. The molecule has 0 saturated heterocycles. The van der Waals surface area contributed by atoms with Crippen molar-refractivity contribution in [3.05, 3.63) is 52.1 Å². The van der Waals surface area contributed by atoms with Crippen molar-refractivity contribution in [2.75, 3.05) is 6.54 Å². The highest BCUT2D eigenvalue weighted by Crippen LogP contribution is 2.28. The summed E-state index contributed by atoms with van der Waals surface area (Å²) < 4.78 is 7.03. The van der Waals surface area contributed by atoms with Gasteiger partial charge in [0.1, 0.15) is 5.75 Å². The number of ether oxygens (including phenoxy) is 1. The summed E-state index contributed by atoms with van der Waals surface area (Å²) in [6, 6.07) is 9.95. The van der Waals surface area contributed by atoms with Crippen molar-refractivity contribution >= 4 is 15.9 Å². The molecule has 0 aliphatic carbocycles. The number of aromatic nitrogens is 1. The first kappa shape index (κ1) is 16.0. The maximum absolute atomic E-state index is 5.98. The van der Waals surface area contributed by atoms with Gasteiger partial charge in [-0.3, -0.25) is 0 Å². The molecule has 1 heterocycles. The van der Waals surface area contributed by atoms with Crippen molar-refractivity contribution in [3.63, 3.8) is 0 Å². The van der Waals surface area contributed by atoms with Crippen LogP contribution in [0.5, 0.6) is 11.6 Å². The van der Waals surface area contributed by atoms with Crippen LogP contribution in [0.25, 0.3) is 0 Å². The third-order valence-electron chi connectivity index (χ3n) is 3.06. The van der Waals surface area contributed by atoms with Crippen LogP contribution in [0.4, 0.5) is 0 Å². The molecule has 0 fully saturated rings. The van der Waals surface area contributed by atoms with Gasteiger partial charge in [0.25, 0.3) is 0 Å². The first-order chi connectivity index (χ1) is 10.1. The molecule has 0 unspecified atom stereocenters. The summed E-state index contributed by atoms with van der Waals surface area (Å²) in [4.78, 5) is 4.36. The average molecular weight is 349 g/mol. The molecule has 1 aromatic heterocycles. The van der Waals surface area contributed by atoms with Crippen LogP contribution in [0.15, 0.2) is 41.0 Å². The van der Waals surface area contributed by atoms with Crippen LogP contribution < -0.4 is 10.1 Å². The van der Waals surface area contributed by atoms with E-state index in [0.29, 0.717) is 11.8 Å². The fourth-order valence-corrected chi connectivity index (χ4v) is 2.45. The number of aryl methyl sites for hydroxylation is 1. The summed E-state index contributed by atoms with van der Waals surface area (Å²) in [6.07, 6.45) is 1.76. The third-order valence-corrected chi connectivity index (χ3v) is 3.55. The fourth-order valence-electron chi connectivity index (χ4n) is 1.98. The van der Waals surface area contributed by atoms with Gasteiger partial charge in [-0.15, -0.1) is 0 Å². The summed E-state index contributed by atoms with van der Waals surface area (Å²) >= 11 is 3.46. The van der Waals surface area contributed by atoms with Crippen molar-refractivity contribution in [1.82, 2.24) is 10.3 Å². The summed E-state index contributed by atoms with van der Waals surface area (Å²) in [5, 5.41) is 3.42. The Hall–Kier alpha value is -1.39. The van der Waals surface area contributed by atoms with Crippen molar-refractivity contribution in [2.45, 2.75) is 27.3 Å². The molecule has 0 saturated carbocycles. The van der Waals surface area contributed by atoms with Gasteiger partial charge < -0.3 is 10.1 Å². The molecule has 112 valence electrons. The Morgan fingerprint density at radius 1 is 1.29 bits per heavy atom. The van der Waals surface area contributed by atoms with Crippen LogP contribution in [-0.2, 0) is 6.54 Å². The Balaban J connectivity index is 2.12. The first-order valence-corrected chi connectivity index (χ1v) is 7.94. The molecule has 1 N–H and O–H groups in total. The molecule has 21 heavy (non-hydrogen) atoms. The van der Waals surface area contributed by atoms with Gasteiger partial charge in [-0.25, -0.2) is 4.98 Å². The topological polar surface area (TPSA) is 34.1 Å². The summed E-state index contributed by atoms with van der Waals surface area (Å²) in [7, 11) is 0. The lowest BCUT2D eigenvalue weighted by Crippen LogP contribution is -2.19. The van der Waals surface area contributed by atoms with Crippen molar-refractivity contribution < 1.29 is 4.74 Å². The summed E-state index contributed by atoms with van der Waals surface area (Å²) in [5.41, 5.74) is 2.15. The SMILES string of the molecule is Cc1cc(Br)ccc1Oc1ncccc1CNCC(C)C. The van der Waals surface area contributed by atoms with Crippen LogP contribution in [0.1, 0.15) is 25.0 Å². The summed E-state index contributed by atoms with van der Waals surface area (Å²) in [5.74, 6) is 2.13. The van der Waals surface area contributed by atoms with E-state index < -0.39 is 0 Å². The lowest BCUT2D eigenvalue weighted by atomic mass is 10.2. The number of rotatable bonds is 6. The molecule has 1 aromatic carbocycles. The Morgan fingerprint density at radius 3 is 2.81 bits per heavy atom. The zero-order chi connectivity index (χ0) is 15.2. The van der Waals surface area contributed by atoms with Gasteiger partial charge >= 0.3 is 0 Å². The van der Waals surface area contributed by atoms with Gasteiger partial charge in [0, 0.05) is 22.8 Å². The average Bonchev–Trinajstić information content (AvgIpc) is 2.43. The normalized spacial score (nSPS) is 10.9. The van der Waals surface area contributed by atoms with Crippen LogP contribution in [0.3, 0.4) is 0 Å². The van der Waals surface area contributed by atoms with Crippen LogP contribution in [-0.4, -0.2) is 11.5 Å². The second kappa shape index (κ2) is 7.57. The number of pyridine rings is 1. The molecule has 2 aromatic rings. The fraction of sp³-hybridized carbons (Fsp3) is 0.353. The molecule has 0 radical (unpaired) electrons. The van der Waals surface area contributed by atoms with E-state index in [4.69, 9.17) is 4.74 Å². The molecule has 3 nitrogen and oxygen atoms in total. The molecule has 0 atom stereocenters. The van der Waals surface area contributed by atoms with Crippen LogP contribution in [0, 0.1) is 12.8 Å². The van der Waals surface area contributed by atoms with E-state index in [9.17, 15) is 0 Å². The highest BCUT2D eigenvalue weighted by Gasteiger charge is 2.08. The zero-order valence-corrected chi connectivity index (χ0v) is 14.3. The largest absolute Gasteiger partial charge is 0.438 e. The molecular formula is C17H21BrN2O. The highest BCUT2D eigenvalue weighted by molar-refractivity contribution is 9.10. The maximum atomic E-state index is 5.98. The standard InChI is InChI=1S/C17H21BrN2O/c1-12(2)10-19-11-14-5-4-8-20-17(14)21-16-7-6-15(18)9-13(16)3/h4-9,12,19H,10-11H2,1-3H3. The molecule has 4 heteroatoms. The minimum absolute atomic E-state index is 0.625. The van der Waals surface area contributed by atoms with Gasteiger partial charge in [-0.05, 0) is 49.2 Å². The molecule has 0 bridgehead atoms. The molecule has 0 aliphatic heterocycles. The number of hydrogen-bond donors (Lipinski definition) is 1. The van der Waals surface area contributed by atoms with Crippen LogP contribution >= 0.6 is 15.9 Å². The van der Waals surface area contributed by atoms with Gasteiger partial charge in [0.15, 0.2) is 0 Å². The number of nitrogens with one attached hydrogen (secondary N) is 1. The van der Waals surface area contributed by atoms with E-state index in [2.05, 4.69) is 40.1 Å². The third kappa shape index (κ3) is 4.83. The lowest BCUT2D eigenvalue weighted by Gasteiger charge is -2.13. The quantitative estimate of drug-likeness (QED) is 0.822. The predicted octanol–water partition coefficient (Wildman–Crippen LogP) is 4.69. The Bertz CT molecular complexity index is 599. The minimum Gasteiger partial charge on any atom is -0.438 e. The van der Waals surface area contributed by atoms with E-state index in [1.54, 1.807) is 6.20 Å². The zero-order valence-electron chi connectivity index (χ0n) is 12.7. The van der Waals surface area contributed by atoms with Crippen molar-refractivity contribution in [3.8, 4) is 11.6 Å². The molecular weight excluding hydrogens is 328 g/mol. The highest BCUT2D eigenvalue weighted by atomic mass is 79.9. The van der Waals surface area contributed by atoms with Gasteiger partial charge in [0.2, 0.25) is 5.88 Å². The summed E-state index contributed by atoms with van der Waals surface area (Å²) in [6.45, 7) is 8.15. The van der Waals surface area contributed by atoms with Crippen molar-refractivity contribution in [2.24, 2.45) is 5.92 Å². The smallest absolute Gasteiger partial charge is 0.223 e. The lowest BCUT2D eigenvalue weighted by molar-refractivity contribution is 0.447. The number of nitrogens with zero attached hydrogens (tertiary/aromatic N) is 1. The Labute approximate surface area is 134 Å². The predicted molar refractivity (Wildman–Crippen MR) is 89.7 cm³/mol. The molecule has 0 aliphatic rings. The van der Waals surface area contributed by atoms with E-state index in [-0.39, 0.29) is 0 Å². The van der Waals surface area contributed by atoms with Gasteiger partial charge in [-0.2, -0.15) is 0 Å². The van der Waals surface area contributed by atoms with E-state index in [0.717, 1.165) is 34.4 Å². The second-order valence-corrected chi connectivity index (χ2v) is 6.42. The molecule has 0 amide bonds. The maximum Gasteiger partial charge on any atom is 0.223 e. The Kier molecular flexibility index (Phi) is 5.76. The van der Waals surface area contributed by atoms with E-state index in [1.807, 2.05) is 37.3 Å². The number of hydrogen-bond acceptors (Lipinski definition) is 3. The monoisotopic (exact) mass is 348 g/mol. The minimum atomic E-state index is 0.625. The second-order valence-electron chi connectivity index (χ2n) is 5.50. The number of benzene rings is 1. The molecule has 0 spiro atoms. The van der Waals surface area contributed by atoms with Gasteiger partial charge in [-0.1, -0.05) is 35.8 Å². The van der Waals surface area contributed by atoms with E-state index in [1.165, 1.54) is 0 Å². The molecule has 2 rings (SSSR count). The van der Waals surface area contributed by atoms with Gasteiger partial charge in [0.05, 0.1) is 0 Å². The number of halogens is 1. The van der Waals surface area contributed by atoms with Crippen molar-refractivity contribution in [1.29, 1.82) is 0 Å². The Morgan fingerprint density at radius 2 is 2.10 bits per heavy atom. The van der Waals surface area contributed by atoms with E-state index >= 15 is 0 Å².